The molecule has 0 aromatic heterocycles. The lowest BCUT2D eigenvalue weighted by Crippen LogP contribution is -2.33. The highest BCUT2D eigenvalue weighted by Gasteiger charge is 2.35. The van der Waals surface area contributed by atoms with E-state index in [1.807, 2.05) is 0 Å². The summed E-state index contributed by atoms with van der Waals surface area (Å²) in [5.41, 5.74) is -2.53. The first-order valence-corrected chi connectivity index (χ1v) is 6.30. The maximum Gasteiger partial charge on any atom is 0.418 e. The van der Waals surface area contributed by atoms with Crippen LogP contribution in [0.5, 0.6) is 0 Å². The van der Waals surface area contributed by atoms with Gasteiger partial charge in [0.05, 0.1) is 16.1 Å². The van der Waals surface area contributed by atoms with Crippen molar-refractivity contribution in [1.29, 1.82) is 0 Å². The van der Waals surface area contributed by atoms with Crippen LogP contribution in [-0.4, -0.2) is 23.7 Å². The van der Waals surface area contributed by atoms with Gasteiger partial charge in [0.1, 0.15) is 0 Å². The van der Waals surface area contributed by atoms with E-state index in [4.69, 9.17) is 4.74 Å². The van der Waals surface area contributed by atoms with Crippen molar-refractivity contribution in [3.05, 3.63) is 33.9 Å². The molecule has 0 spiro atoms. The minimum atomic E-state index is -4.68. The third kappa shape index (κ3) is 4.89. The van der Waals surface area contributed by atoms with E-state index in [0.717, 1.165) is 12.1 Å². The van der Waals surface area contributed by atoms with Gasteiger partial charge in [0.15, 0.2) is 0 Å². The van der Waals surface area contributed by atoms with Gasteiger partial charge in [-0.05, 0) is 26.8 Å². The molecule has 0 heterocycles. The Bertz CT molecular complexity index is 516. The maximum atomic E-state index is 13.0. The number of anilines is 1. The fourth-order valence-corrected chi connectivity index (χ4v) is 1.78. The average Bonchev–Trinajstić information content (AvgIpc) is 2.35. The predicted octanol–water partition coefficient (Wildman–Crippen LogP) is 3.84. The van der Waals surface area contributed by atoms with Crippen LogP contribution < -0.4 is 5.32 Å². The number of benzene rings is 1. The molecule has 8 heteroatoms. The molecule has 1 rings (SSSR count). The Morgan fingerprint density at radius 1 is 1.33 bits per heavy atom. The average molecular weight is 306 g/mol. The number of ether oxygens (including phenoxy) is 1. The zero-order valence-corrected chi connectivity index (χ0v) is 12.0. The number of halogens is 3. The Balaban J connectivity index is 3.04. The number of non-ortho nitro benzene ring substituents is 1. The third-order valence-corrected chi connectivity index (χ3v) is 2.76. The minimum absolute atomic E-state index is 0.141. The van der Waals surface area contributed by atoms with Crippen LogP contribution >= 0.6 is 0 Å². The molecule has 0 atom stereocenters. The van der Waals surface area contributed by atoms with Crippen LogP contribution in [0.3, 0.4) is 0 Å². The van der Waals surface area contributed by atoms with Crippen LogP contribution in [0.15, 0.2) is 18.2 Å². The van der Waals surface area contributed by atoms with E-state index in [1.165, 1.54) is 0 Å². The fourth-order valence-electron chi connectivity index (χ4n) is 1.78. The number of alkyl halides is 3. The Morgan fingerprint density at radius 2 is 1.95 bits per heavy atom. The van der Waals surface area contributed by atoms with Gasteiger partial charge in [0.25, 0.3) is 5.69 Å². The Morgan fingerprint density at radius 3 is 2.43 bits per heavy atom. The second kappa shape index (κ2) is 6.30. The van der Waals surface area contributed by atoms with Gasteiger partial charge in [-0.2, -0.15) is 13.2 Å². The second-order valence-electron chi connectivity index (χ2n) is 5.03. The third-order valence-electron chi connectivity index (χ3n) is 2.76. The molecule has 118 valence electrons. The second-order valence-corrected chi connectivity index (χ2v) is 5.03. The molecule has 1 aromatic rings. The van der Waals surface area contributed by atoms with E-state index in [0.29, 0.717) is 12.7 Å². The first-order valence-electron chi connectivity index (χ1n) is 6.30. The van der Waals surface area contributed by atoms with Crippen molar-refractivity contribution < 1.29 is 22.8 Å². The van der Waals surface area contributed by atoms with Gasteiger partial charge in [0.2, 0.25) is 0 Å². The SMILES string of the molecule is CCOC(C)(C)CNc1ccc([N+](=O)[O-])cc1C(F)(F)F. The summed E-state index contributed by atoms with van der Waals surface area (Å²) < 4.78 is 44.3. The van der Waals surface area contributed by atoms with Crippen molar-refractivity contribution in [2.24, 2.45) is 0 Å². The normalized spacial score (nSPS) is 12.3. The predicted molar refractivity (Wildman–Crippen MR) is 72.3 cm³/mol. The summed E-state index contributed by atoms with van der Waals surface area (Å²) in [5, 5.41) is 13.2. The van der Waals surface area contributed by atoms with Crippen molar-refractivity contribution >= 4 is 11.4 Å². The summed E-state index contributed by atoms with van der Waals surface area (Å²) in [6.07, 6.45) is -4.68. The number of nitro benzene ring substituents is 1. The van der Waals surface area contributed by atoms with Gasteiger partial charge in [-0.25, -0.2) is 0 Å². The first-order chi connectivity index (χ1) is 9.57. The molecule has 0 aliphatic heterocycles. The molecular formula is C13H17F3N2O3. The number of hydrogen-bond donors (Lipinski definition) is 1. The molecular weight excluding hydrogens is 289 g/mol. The maximum absolute atomic E-state index is 13.0. The van der Waals surface area contributed by atoms with E-state index in [9.17, 15) is 23.3 Å². The molecule has 0 saturated carbocycles. The summed E-state index contributed by atoms with van der Waals surface area (Å²) in [4.78, 5) is 9.73. The van der Waals surface area contributed by atoms with E-state index >= 15 is 0 Å². The highest BCUT2D eigenvalue weighted by molar-refractivity contribution is 5.57. The Kier molecular flexibility index (Phi) is 5.16. The smallest absolute Gasteiger partial charge is 0.382 e. The van der Waals surface area contributed by atoms with Crippen LogP contribution in [0.4, 0.5) is 24.5 Å². The molecule has 0 fully saturated rings. The molecule has 1 aromatic carbocycles. The van der Waals surface area contributed by atoms with Gasteiger partial charge in [-0.1, -0.05) is 0 Å². The lowest BCUT2D eigenvalue weighted by molar-refractivity contribution is -0.385. The monoisotopic (exact) mass is 306 g/mol. The number of nitrogens with one attached hydrogen (secondary N) is 1. The molecule has 0 unspecified atom stereocenters. The number of nitrogens with zero attached hydrogens (tertiary/aromatic N) is 1. The summed E-state index contributed by atoms with van der Waals surface area (Å²) in [6, 6.07) is 2.62. The molecule has 0 saturated heterocycles. The van der Waals surface area contributed by atoms with Gasteiger partial charge in [-0.15, -0.1) is 0 Å². The standard InChI is InChI=1S/C13H17F3N2O3/c1-4-21-12(2,3)8-17-11-6-5-9(18(19)20)7-10(11)13(14,15)16/h5-7,17H,4,8H2,1-3H3. The molecule has 0 bridgehead atoms. The lowest BCUT2D eigenvalue weighted by atomic mass is 10.1. The zero-order chi connectivity index (χ0) is 16.3. The first kappa shape index (κ1) is 17.2. The summed E-state index contributed by atoms with van der Waals surface area (Å²) in [5.74, 6) is 0. The molecule has 1 N–H and O–H groups in total. The molecule has 0 radical (unpaired) electrons. The van der Waals surface area contributed by atoms with Gasteiger partial charge in [-0.3, -0.25) is 10.1 Å². The van der Waals surface area contributed by atoms with Crippen molar-refractivity contribution in [3.63, 3.8) is 0 Å². The quantitative estimate of drug-likeness (QED) is 0.640. The summed E-state index contributed by atoms with van der Waals surface area (Å²) in [7, 11) is 0. The Labute approximate surface area is 120 Å². The Hall–Kier alpha value is -1.83. The number of rotatable bonds is 6. The van der Waals surface area contributed by atoms with Crippen molar-refractivity contribution in [3.8, 4) is 0 Å². The largest absolute Gasteiger partial charge is 0.418 e. The fraction of sp³-hybridized carbons (Fsp3) is 0.538. The molecule has 21 heavy (non-hydrogen) atoms. The van der Waals surface area contributed by atoms with Crippen LogP contribution in [0.25, 0.3) is 0 Å². The van der Waals surface area contributed by atoms with Crippen molar-refractivity contribution in [2.45, 2.75) is 32.5 Å². The van der Waals surface area contributed by atoms with E-state index in [-0.39, 0.29) is 12.2 Å². The topological polar surface area (TPSA) is 64.4 Å². The highest BCUT2D eigenvalue weighted by atomic mass is 19.4. The molecule has 0 aliphatic rings. The van der Waals surface area contributed by atoms with Crippen LogP contribution in [0, 0.1) is 10.1 Å². The van der Waals surface area contributed by atoms with Crippen molar-refractivity contribution in [2.75, 3.05) is 18.5 Å². The van der Waals surface area contributed by atoms with Crippen molar-refractivity contribution in [1.82, 2.24) is 0 Å². The molecule has 0 amide bonds. The van der Waals surface area contributed by atoms with E-state index in [2.05, 4.69) is 5.32 Å². The summed E-state index contributed by atoms with van der Waals surface area (Å²) >= 11 is 0. The molecule has 0 aliphatic carbocycles. The van der Waals surface area contributed by atoms with E-state index in [1.54, 1.807) is 20.8 Å². The number of nitro groups is 1. The van der Waals surface area contributed by atoms with Gasteiger partial charge in [0, 0.05) is 31.0 Å². The lowest BCUT2D eigenvalue weighted by Gasteiger charge is -2.26. The summed E-state index contributed by atoms with van der Waals surface area (Å²) in [6.45, 7) is 5.84. The van der Waals surface area contributed by atoms with Crippen LogP contribution in [0.1, 0.15) is 26.3 Å². The van der Waals surface area contributed by atoms with E-state index < -0.39 is 28.0 Å². The minimum Gasteiger partial charge on any atom is -0.382 e. The molecule has 5 nitrogen and oxygen atoms in total. The highest BCUT2D eigenvalue weighted by Crippen LogP contribution is 2.37. The van der Waals surface area contributed by atoms with Gasteiger partial charge < -0.3 is 10.1 Å². The number of hydrogen-bond acceptors (Lipinski definition) is 4. The van der Waals surface area contributed by atoms with Crippen LogP contribution in [0.2, 0.25) is 0 Å². The zero-order valence-electron chi connectivity index (χ0n) is 12.0. The van der Waals surface area contributed by atoms with Crippen LogP contribution in [-0.2, 0) is 10.9 Å². The van der Waals surface area contributed by atoms with Gasteiger partial charge >= 0.3 is 6.18 Å².